The molecule has 5 rings (SSSR count). The van der Waals surface area contributed by atoms with Crippen LogP contribution in [0.5, 0.6) is 0 Å². The smallest absolute Gasteiger partial charge is 0.255 e. The summed E-state index contributed by atoms with van der Waals surface area (Å²) in [6, 6.07) is 13.2. The van der Waals surface area contributed by atoms with Gasteiger partial charge in [-0.3, -0.25) is 9.59 Å². The molecule has 0 spiro atoms. The van der Waals surface area contributed by atoms with Gasteiger partial charge < -0.3 is 14.8 Å². The van der Waals surface area contributed by atoms with E-state index in [0.29, 0.717) is 12.0 Å². The Labute approximate surface area is 187 Å². The van der Waals surface area contributed by atoms with Gasteiger partial charge in [-0.2, -0.15) is 0 Å². The van der Waals surface area contributed by atoms with Crippen molar-refractivity contribution in [2.75, 3.05) is 16.8 Å². The number of hydrogen-bond acceptors (Lipinski definition) is 4. The minimum atomic E-state index is -0.176. The van der Waals surface area contributed by atoms with Crippen LogP contribution in [0.1, 0.15) is 53.8 Å². The van der Waals surface area contributed by atoms with E-state index in [1.165, 1.54) is 6.42 Å². The van der Waals surface area contributed by atoms with E-state index in [1.807, 2.05) is 37.3 Å². The number of aryl methyl sites for hydroxylation is 2. The van der Waals surface area contributed by atoms with Crippen molar-refractivity contribution in [1.82, 2.24) is 14.8 Å². The lowest BCUT2D eigenvalue weighted by Gasteiger charge is -2.16. The molecule has 1 saturated heterocycles. The highest BCUT2D eigenvalue weighted by Crippen LogP contribution is 2.28. The summed E-state index contributed by atoms with van der Waals surface area (Å²) in [5.74, 6) is 1.86. The van der Waals surface area contributed by atoms with E-state index in [2.05, 4.69) is 20.1 Å². The minimum absolute atomic E-state index is 0.140. The zero-order chi connectivity index (χ0) is 22.1. The maximum absolute atomic E-state index is 12.9. The number of aromatic nitrogens is 3. The van der Waals surface area contributed by atoms with Crippen LogP contribution in [0.25, 0.3) is 11.4 Å². The molecular weight excluding hydrogens is 402 g/mol. The summed E-state index contributed by atoms with van der Waals surface area (Å²) < 4.78 is 2.21. The number of rotatable bonds is 4. The molecule has 0 radical (unpaired) electrons. The van der Waals surface area contributed by atoms with E-state index in [4.69, 9.17) is 0 Å². The van der Waals surface area contributed by atoms with Gasteiger partial charge in [-0.05, 0) is 62.1 Å². The highest BCUT2D eigenvalue weighted by atomic mass is 16.2. The van der Waals surface area contributed by atoms with E-state index in [-0.39, 0.29) is 11.8 Å². The number of carbonyl (C=O) groups excluding carboxylic acids is 2. The molecule has 3 heterocycles. The minimum Gasteiger partial charge on any atom is -0.322 e. The molecular formula is C25H27N5O2. The second-order valence-corrected chi connectivity index (χ2v) is 8.58. The second kappa shape index (κ2) is 8.57. The number of benzene rings is 2. The molecule has 1 fully saturated rings. The summed E-state index contributed by atoms with van der Waals surface area (Å²) in [5.41, 5.74) is 4.10. The number of nitrogens with zero attached hydrogens (tertiary/aromatic N) is 4. The van der Waals surface area contributed by atoms with Crippen molar-refractivity contribution in [2.24, 2.45) is 0 Å². The summed E-state index contributed by atoms with van der Waals surface area (Å²) in [4.78, 5) is 26.6. The molecule has 7 nitrogen and oxygen atoms in total. The maximum Gasteiger partial charge on any atom is 0.255 e. The molecule has 2 aliphatic heterocycles. The van der Waals surface area contributed by atoms with Crippen LogP contribution in [0, 0.1) is 6.92 Å². The molecule has 164 valence electrons. The first-order valence-electron chi connectivity index (χ1n) is 11.3. The van der Waals surface area contributed by atoms with Crippen LogP contribution in [0.2, 0.25) is 0 Å². The summed E-state index contributed by atoms with van der Waals surface area (Å²) in [7, 11) is 0. The molecule has 32 heavy (non-hydrogen) atoms. The molecule has 7 heteroatoms. The monoisotopic (exact) mass is 429 g/mol. The van der Waals surface area contributed by atoms with Crippen molar-refractivity contribution in [2.45, 2.75) is 52.0 Å². The van der Waals surface area contributed by atoms with Crippen molar-refractivity contribution in [1.29, 1.82) is 0 Å². The molecule has 2 aromatic carbocycles. The summed E-state index contributed by atoms with van der Waals surface area (Å²) in [5, 5.41) is 11.9. The van der Waals surface area contributed by atoms with Gasteiger partial charge in [0.1, 0.15) is 5.82 Å². The normalized spacial score (nSPS) is 16.0. The SMILES string of the molecule is Cc1ccc(-c2nnc3n2CCCCC3)cc1NC(=O)c1ccc(N2CCCC2=O)cc1. The predicted molar refractivity (Wildman–Crippen MR) is 124 cm³/mol. The first-order valence-corrected chi connectivity index (χ1v) is 11.3. The average molecular weight is 430 g/mol. The molecule has 0 aliphatic carbocycles. The Morgan fingerprint density at radius 1 is 0.938 bits per heavy atom. The largest absolute Gasteiger partial charge is 0.322 e. The quantitative estimate of drug-likeness (QED) is 0.668. The molecule has 2 aliphatic rings. The number of anilines is 2. The number of hydrogen-bond donors (Lipinski definition) is 1. The molecule has 0 bridgehead atoms. The average Bonchev–Trinajstić information content (AvgIpc) is 3.34. The van der Waals surface area contributed by atoms with Crippen LogP contribution in [-0.2, 0) is 17.8 Å². The van der Waals surface area contributed by atoms with Gasteiger partial charge in [0.05, 0.1) is 0 Å². The van der Waals surface area contributed by atoms with E-state index >= 15 is 0 Å². The van der Waals surface area contributed by atoms with E-state index < -0.39 is 0 Å². The van der Waals surface area contributed by atoms with Crippen molar-refractivity contribution in [3.05, 3.63) is 59.4 Å². The topological polar surface area (TPSA) is 80.1 Å². The van der Waals surface area contributed by atoms with Crippen LogP contribution in [-0.4, -0.2) is 33.1 Å². The molecule has 1 aromatic heterocycles. The summed E-state index contributed by atoms with van der Waals surface area (Å²) in [6.07, 6.45) is 5.92. The highest BCUT2D eigenvalue weighted by Gasteiger charge is 2.22. The fourth-order valence-electron chi connectivity index (χ4n) is 4.50. The maximum atomic E-state index is 12.9. The summed E-state index contributed by atoms with van der Waals surface area (Å²) in [6.45, 7) is 3.65. The number of carbonyl (C=O) groups is 2. The lowest BCUT2D eigenvalue weighted by molar-refractivity contribution is -0.117. The van der Waals surface area contributed by atoms with Gasteiger partial charge in [0, 0.05) is 48.4 Å². The number of fused-ring (bicyclic) bond motifs is 1. The zero-order valence-electron chi connectivity index (χ0n) is 18.3. The Hall–Kier alpha value is -3.48. The Morgan fingerprint density at radius 2 is 1.78 bits per heavy atom. The van der Waals surface area contributed by atoms with E-state index in [9.17, 15) is 9.59 Å². The first-order chi connectivity index (χ1) is 15.6. The third kappa shape index (κ3) is 3.90. The van der Waals surface area contributed by atoms with E-state index in [0.717, 1.165) is 72.9 Å². The van der Waals surface area contributed by atoms with Crippen LogP contribution in [0.3, 0.4) is 0 Å². The van der Waals surface area contributed by atoms with Gasteiger partial charge in [-0.15, -0.1) is 10.2 Å². The van der Waals surface area contributed by atoms with Crippen molar-refractivity contribution < 1.29 is 9.59 Å². The number of amides is 2. The third-order valence-electron chi connectivity index (χ3n) is 6.37. The van der Waals surface area contributed by atoms with Crippen molar-refractivity contribution in [3.63, 3.8) is 0 Å². The molecule has 2 amide bonds. The van der Waals surface area contributed by atoms with E-state index in [1.54, 1.807) is 17.0 Å². The van der Waals surface area contributed by atoms with Gasteiger partial charge in [0.25, 0.3) is 5.91 Å². The van der Waals surface area contributed by atoms with Crippen LogP contribution < -0.4 is 10.2 Å². The van der Waals surface area contributed by atoms with Gasteiger partial charge >= 0.3 is 0 Å². The molecule has 1 N–H and O–H groups in total. The Kier molecular flexibility index (Phi) is 5.47. The van der Waals surface area contributed by atoms with Gasteiger partial charge in [-0.25, -0.2) is 0 Å². The third-order valence-corrected chi connectivity index (χ3v) is 6.37. The Bertz CT molecular complexity index is 1170. The van der Waals surface area contributed by atoms with Crippen LogP contribution in [0.4, 0.5) is 11.4 Å². The van der Waals surface area contributed by atoms with Crippen LogP contribution in [0.15, 0.2) is 42.5 Å². The van der Waals surface area contributed by atoms with Gasteiger partial charge in [0.2, 0.25) is 5.91 Å². The summed E-state index contributed by atoms with van der Waals surface area (Å²) >= 11 is 0. The lowest BCUT2D eigenvalue weighted by Crippen LogP contribution is -2.23. The lowest BCUT2D eigenvalue weighted by atomic mass is 10.1. The standard InChI is InChI=1S/C25H27N5O2/c1-17-8-9-19(24-28-27-22-6-3-2-4-14-30(22)24)16-21(17)26-25(32)18-10-12-20(13-11-18)29-15-5-7-23(29)31/h8-13,16H,2-7,14-15H2,1H3,(H,26,32). The highest BCUT2D eigenvalue weighted by molar-refractivity contribution is 6.05. The van der Waals surface area contributed by atoms with Gasteiger partial charge in [0.15, 0.2) is 5.82 Å². The number of nitrogens with one attached hydrogen (secondary N) is 1. The van der Waals surface area contributed by atoms with Crippen molar-refractivity contribution in [3.8, 4) is 11.4 Å². The first kappa shape index (κ1) is 20.4. The van der Waals surface area contributed by atoms with Gasteiger partial charge in [-0.1, -0.05) is 18.6 Å². The Morgan fingerprint density at radius 3 is 2.56 bits per heavy atom. The molecule has 0 saturated carbocycles. The van der Waals surface area contributed by atoms with Crippen molar-refractivity contribution >= 4 is 23.2 Å². The molecule has 0 atom stereocenters. The molecule has 3 aromatic rings. The molecule has 0 unspecified atom stereocenters. The fourth-order valence-corrected chi connectivity index (χ4v) is 4.50. The predicted octanol–water partition coefficient (Wildman–Crippen LogP) is 4.36. The zero-order valence-corrected chi connectivity index (χ0v) is 18.3. The second-order valence-electron chi connectivity index (χ2n) is 8.58. The van der Waals surface area contributed by atoms with Crippen LogP contribution >= 0.6 is 0 Å². The Balaban J connectivity index is 1.36. The fraction of sp³-hybridized carbons (Fsp3) is 0.360.